The first kappa shape index (κ1) is 14.9. The smallest absolute Gasteiger partial charge is 0.326 e. The molecule has 0 heterocycles. The Hall–Kier alpha value is -2.15. The molecule has 104 valence electrons. The minimum absolute atomic E-state index is 0.0910. The van der Waals surface area contributed by atoms with Crippen LogP contribution in [0.5, 0.6) is 5.75 Å². The van der Waals surface area contributed by atoms with Crippen LogP contribution in [-0.2, 0) is 9.59 Å². The number of nitrogens with one attached hydrogen (secondary N) is 1. The second kappa shape index (κ2) is 7.32. The van der Waals surface area contributed by atoms with Gasteiger partial charge in [0, 0.05) is 13.0 Å². The van der Waals surface area contributed by atoms with E-state index >= 15 is 0 Å². The van der Waals surface area contributed by atoms with E-state index in [0.29, 0.717) is 0 Å². The Bertz CT molecular complexity index is 452. The van der Waals surface area contributed by atoms with Crippen molar-refractivity contribution in [3.05, 3.63) is 30.1 Å². The summed E-state index contributed by atoms with van der Waals surface area (Å²) in [6, 6.07) is 4.36. The van der Waals surface area contributed by atoms with Gasteiger partial charge in [0.15, 0.2) is 18.2 Å². The summed E-state index contributed by atoms with van der Waals surface area (Å²) < 4.78 is 18.1. The van der Waals surface area contributed by atoms with Crippen LogP contribution < -0.4 is 10.1 Å². The fraction of sp³-hybridized carbons (Fsp3) is 0.333. The molecule has 19 heavy (non-hydrogen) atoms. The van der Waals surface area contributed by atoms with Gasteiger partial charge in [0.25, 0.3) is 5.91 Å². The summed E-state index contributed by atoms with van der Waals surface area (Å²) in [7, 11) is 0. The van der Waals surface area contributed by atoms with Crippen LogP contribution in [0.1, 0.15) is 6.42 Å². The Labute approximate surface area is 108 Å². The van der Waals surface area contributed by atoms with E-state index in [1.54, 1.807) is 6.07 Å². The monoisotopic (exact) mass is 271 g/mol. The predicted molar refractivity (Wildman–Crippen MR) is 63.2 cm³/mol. The minimum Gasteiger partial charge on any atom is -0.481 e. The number of halogens is 1. The van der Waals surface area contributed by atoms with Crippen molar-refractivity contribution in [2.45, 2.75) is 12.5 Å². The van der Waals surface area contributed by atoms with Gasteiger partial charge in [-0.25, -0.2) is 9.18 Å². The number of amides is 1. The highest BCUT2D eigenvalue weighted by Crippen LogP contribution is 2.14. The Morgan fingerprint density at radius 1 is 1.37 bits per heavy atom. The molecule has 0 aliphatic heterocycles. The minimum atomic E-state index is -1.26. The largest absolute Gasteiger partial charge is 0.481 e. The number of rotatable bonds is 7. The molecule has 0 aliphatic carbocycles. The molecule has 1 aromatic rings. The molecule has 1 aromatic carbocycles. The van der Waals surface area contributed by atoms with Gasteiger partial charge in [0.05, 0.1) is 0 Å². The molecule has 0 aliphatic rings. The maximum absolute atomic E-state index is 13.2. The fourth-order valence-corrected chi connectivity index (χ4v) is 1.33. The first-order valence-electron chi connectivity index (χ1n) is 5.55. The number of ether oxygens (including phenoxy) is 1. The van der Waals surface area contributed by atoms with Crippen molar-refractivity contribution in [2.24, 2.45) is 0 Å². The SMILES string of the molecule is O=C(COc1ccccc1F)N[C@H](CCO)C(=O)O. The van der Waals surface area contributed by atoms with Crippen molar-refractivity contribution in [2.75, 3.05) is 13.2 Å². The van der Waals surface area contributed by atoms with Gasteiger partial charge in [0.1, 0.15) is 6.04 Å². The molecule has 7 heteroatoms. The summed E-state index contributed by atoms with van der Waals surface area (Å²) in [4.78, 5) is 22.1. The number of carboxylic acid groups (broad SMARTS) is 1. The van der Waals surface area contributed by atoms with Crippen molar-refractivity contribution in [3.63, 3.8) is 0 Å². The van der Waals surface area contributed by atoms with Crippen LogP contribution in [0.2, 0.25) is 0 Å². The summed E-state index contributed by atoms with van der Waals surface area (Å²) in [5.41, 5.74) is 0. The van der Waals surface area contributed by atoms with E-state index in [4.69, 9.17) is 14.9 Å². The zero-order valence-electron chi connectivity index (χ0n) is 10.0. The summed E-state index contributed by atoms with van der Waals surface area (Å²) in [5.74, 6) is -2.66. The van der Waals surface area contributed by atoms with Gasteiger partial charge in [-0.15, -0.1) is 0 Å². The van der Waals surface area contributed by atoms with E-state index in [2.05, 4.69) is 5.32 Å². The maximum atomic E-state index is 13.2. The second-order valence-corrected chi connectivity index (χ2v) is 3.69. The van der Waals surface area contributed by atoms with Crippen LogP contribution in [-0.4, -0.2) is 41.3 Å². The van der Waals surface area contributed by atoms with Gasteiger partial charge in [-0.05, 0) is 12.1 Å². The predicted octanol–water partition coefficient (Wildman–Crippen LogP) is 0.156. The third kappa shape index (κ3) is 4.92. The number of benzene rings is 1. The molecular weight excluding hydrogens is 257 g/mol. The van der Waals surface area contributed by atoms with Crippen molar-refractivity contribution < 1.29 is 28.9 Å². The second-order valence-electron chi connectivity index (χ2n) is 3.69. The van der Waals surface area contributed by atoms with Gasteiger partial charge in [-0.1, -0.05) is 12.1 Å². The highest BCUT2D eigenvalue weighted by molar-refractivity contribution is 5.84. The standard InChI is InChI=1S/C12H14FNO5/c13-8-3-1-2-4-10(8)19-7-11(16)14-9(5-6-15)12(17)18/h1-4,9,15H,5-7H2,(H,14,16)(H,17,18)/t9-/m1/s1. The van der Waals surface area contributed by atoms with Gasteiger partial charge in [-0.3, -0.25) is 4.79 Å². The summed E-state index contributed by atoms with van der Waals surface area (Å²) in [5, 5.41) is 19.6. The van der Waals surface area contributed by atoms with Crippen LogP contribution in [0, 0.1) is 5.82 Å². The Balaban J connectivity index is 2.47. The highest BCUT2D eigenvalue weighted by Gasteiger charge is 2.19. The highest BCUT2D eigenvalue weighted by atomic mass is 19.1. The number of hydrogen-bond donors (Lipinski definition) is 3. The van der Waals surface area contributed by atoms with Crippen LogP contribution in [0.4, 0.5) is 4.39 Å². The third-order valence-corrected chi connectivity index (χ3v) is 2.25. The molecule has 0 unspecified atom stereocenters. The lowest BCUT2D eigenvalue weighted by atomic mass is 10.2. The molecule has 0 spiro atoms. The number of carboxylic acids is 1. The summed E-state index contributed by atoms with van der Waals surface area (Å²) in [6.07, 6.45) is -0.110. The first-order chi connectivity index (χ1) is 9.04. The summed E-state index contributed by atoms with van der Waals surface area (Å²) in [6.45, 7) is -0.873. The van der Waals surface area contributed by atoms with Gasteiger partial charge < -0.3 is 20.3 Å². The molecule has 1 atom stereocenters. The third-order valence-electron chi connectivity index (χ3n) is 2.25. The average Bonchev–Trinajstić information content (AvgIpc) is 2.37. The molecule has 0 fully saturated rings. The number of para-hydroxylation sites is 1. The molecule has 1 amide bonds. The number of carbonyl (C=O) groups excluding carboxylic acids is 1. The zero-order chi connectivity index (χ0) is 14.3. The maximum Gasteiger partial charge on any atom is 0.326 e. The topological polar surface area (TPSA) is 95.9 Å². The van der Waals surface area contributed by atoms with Crippen LogP contribution >= 0.6 is 0 Å². The fourth-order valence-electron chi connectivity index (χ4n) is 1.33. The molecular formula is C12H14FNO5. The van der Waals surface area contributed by atoms with E-state index in [1.165, 1.54) is 18.2 Å². The van der Waals surface area contributed by atoms with Crippen molar-refractivity contribution in [1.29, 1.82) is 0 Å². The Morgan fingerprint density at radius 2 is 2.05 bits per heavy atom. The van der Waals surface area contributed by atoms with Crippen LogP contribution in [0.25, 0.3) is 0 Å². The Kier molecular flexibility index (Phi) is 5.74. The van der Waals surface area contributed by atoms with E-state index in [-0.39, 0.29) is 18.8 Å². The lowest BCUT2D eigenvalue weighted by Gasteiger charge is -2.13. The van der Waals surface area contributed by atoms with Gasteiger partial charge in [-0.2, -0.15) is 0 Å². The lowest BCUT2D eigenvalue weighted by Crippen LogP contribution is -2.43. The van der Waals surface area contributed by atoms with Crippen LogP contribution in [0.15, 0.2) is 24.3 Å². The Morgan fingerprint density at radius 3 is 2.63 bits per heavy atom. The number of aliphatic hydroxyl groups excluding tert-OH is 1. The zero-order valence-corrected chi connectivity index (χ0v) is 10.0. The average molecular weight is 271 g/mol. The van der Waals surface area contributed by atoms with Crippen molar-refractivity contribution in [1.82, 2.24) is 5.32 Å². The number of aliphatic hydroxyl groups is 1. The number of carbonyl (C=O) groups is 2. The normalized spacial score (nSPS) is 11.7. The molecule has 0 bridgehead atoms. The molecule has 0 saturated heterocycles. The number of aliphatic carboxylic acids is 1. The van der Waals surface area contributed by atoms with Crippen molar-refractivity contribution in [3.8, 4) is 5.75 Å². The number of hydrogen-bond acceptors (Lipinski definition) is 4. The molecule has 0 aromatic heterocycles. The molecule has 0 radical (unpaired) electrons. The molecule has 6 nitrogen and oxygen atoms in total. The van der Waals surface area contributed by atoms with E-state index in [1.807, 2.05) is 0 Å². The van der Waals surface area contributed by atoms with Gasteiger partial charge in [0.2, 0.25) is 0 Å². The first-order valence-corrected chi connectivity index (χ1v) is 5.55. The molecule has 1 rings (SSSR count). The van der Waals surface area contributed by atoms with E-state index < -0.39 is 30.3 Å². The molecule has 0 saturated carbocycles. The molecule has 3 N–H and O–H groups in total. The quantitative estimate of drug-likeness (QED) is 0.656. The summed E-state index contributed by atoms with van der Waals surface area (Å²) >= 11 is 0. The van der Waals surface area contributed by atoms with E-state index in [9.17, 15) is 14.0 Å². The lowest BCUT2D eigenvalue weighted by molar-refractivity contribution is -0.142. The van der Waals surface area contributed by atoms with Crippen molar-refractivity contribution >= 4 is 11.9 Å². The van der Waals surface area contributed by atoms with Crippen LogP contribution in [0.3, 0.4) is 0 Å². The van der Waals surface area contributed by atoms with Gasteiger partial charge >= 0.3 is 5.97 Å². The van der Waals surface area contributed by atoms with E-state index in [0.717, 1.165) is 0 Å².